The van der Waals surface area contributed by atoms with E-state index in [4.69, 9.17) is 0 Å². The highest BCUT2D eigenvalue weighted by molar-refractivity contribution is 5.87. The number of benzene rings is 1. The van der Waals surface area contributed by atoms with Gasteiger partial charge in [0, 0.05) is 18.7 Å². The number of hydrogen-bond donors (Lipinski definition) is 1. The van der Waals surface area contributed by atoms with Crippen LogP contribution in [0.2, 0.25) is 0 Å². The highest BCUT2D eigenvalue weighted by Crippen LogP contribution is 2.34. The second kappa shape index (κ2) is 5.35. The van der Waals surface area contributed by atoms with Crippen molar-refractivity contribution in [1.29, 1.82) is 0 Å². The standard InChI is InChI=1S/C15H19N3O3/c1-10-4-7-12(14(9-10)18(20)21)17-8-2-3-13(17)15(19)16-11-5-6-11/h4,7,9,11,13H,2-3,5-6,8H2,1H3,(H,16,19). The molecule has 2 fully saturated rings. The van der Waals surface area contributed by atoms with Gasteiger partial charge in [0.1, 0.15) is 11.7 Å². The zero-order chi connectivity index (χ0) is 15.0. The number of aryl methyl sites for hydroxylation is 1. The van der Waals surface area contributed by atoms with Crippen molar-refractivity contribution >= 4 is 17.3 Å². The fourth-order valence-electron chi connectivity index (χ4n) is 2.88. The van der Waals surface area contributed by atoms with Crippen LogP contribution in [0.25, 0.3) is 0 Å². The molecule has 1 aromatic rings. The van der Waals surface area contributed by atoms with Crippen molar-refractivity contribution in [2.75, 3.05) is 11.4 Å². The number of rotatable bonds is 4. The Bertz CT molecular complexity index is 584. The van der Waals surface area contributed by atoms with Gasteiger partial charge in [0.15, 0.2) is 0 Å². The van der Waals surface area contributed by atoms with Crippen molar-refractivity contribution in [2.24, 2.45) is 0 Å². The molecule has 0 radical (unpaired) electrons. The molecule has 1 saturated carbocycles. The molecule has 0 spiro atoms. The van der Waals surface area contributed by atoms with E-state index in [1.54, 1.807) is 12.1 Å². The Morgan fingerprint density at radius 3 is 2.81 bits per heavy atom. The van der Waals surface area contributed by atoms with Crippen LogP contribution >= 0.6 is 0 Å². The Morgan fingerprint density at radius 1 is 1.38 bits per heavy atom. The zero-order valence-electron chi connectivity index (χ0n) is 12.0. The van der Waals surface area contributed by atoms with Crippen LogP contribution in [-0.2, 0) is 4.79 Å². The summed E-state index contributed by atoms with van der Waals surface area (Å²) in [4.78, 5) is 25.1. The molecule has 1 heterocycles. The highest BCUT2D eigenvalue weighted by atomic mass is 16.6. The minimum absolute atomic E-state index is 0.00451. The Hall–Kier alpha value is -2.11. The van der Waals surface area contributed by atoms with Crippen molar-refractivity contribution in [1.82, 2.24) is 5.32 Å². The average Bonchev–Trinajstić information content (AvgIpc) is 3.12. The first-order chi connectivity index (χ1) is 10.1. The van der Waals surface area contributed by atoms with E-state index < -0.39 is 0 Å². The van der Waals surface area contributed by atoms with Gasteiger partial charge in [0.25, 0.3) is 5.69 Å². The molecule has 0 bridgehead atoms. The molecule has 1 atom stereocenters. The van der Waals surface area contributed by atoms with Crippen molar-refractivity contribution < 1.29 is 9.72 Å². The second-order valence-corrected chi connectivity index (χ2v) is 5.88. The molecule has 3 rings (SSSR count). The molecule has 1 N–H and O–H groups in total. The molecule has 21 heavy (non-hydrogen) atoms. The summed E-state index contributed by atoms with van der Waals surface area (Å²) < 4.78 is 0. The summed E-state index contributed by atoms with van der Waals surface area (Å²) in [5, 5.41) is 14.3. The number of hydrogen-bond acceptors (Lipinski definition) is 4. The molecule has 2 aliphatic rings. The maximum atomic E-state index is 12.3. The van der Waals surface area contributed by atoms with Gasteiger partial charge in [-0.3, -0.25) is 14.9 Å². The molecule has 1 aromatic carbocycles. The number of amides is 1. The highest BCUT2D eigenvalue weighted by Gasteiger charge is 2.36. The minimum atomic E-state index is -0.365. The maximum Gasteiger partial charge on any atom is 0.292 e. The molecular weight excluding hydrogens is 270 g/mol. The number of nitrogens with one attached hydrogen (secondary N) is 1. The fourth-order valence-corrected chi connectivity index (χ4v) is 2.88. The Morgan fingerprint density at radius 2 is 2.14 bits per heavy atom. The van der Waals surface area contributed by atoms with Gasteiger partial charge in [0.05, 0.1) is 4.92 Å². The van der Waals surface area contributed by atoms with E-state index in [1.807, 2.05) is 17.9 Å². The number of carbonyl (C=O) groups is 1. The summed E-state index contributed by atoms with van der Waals surface area (Å²) in [5.41, 5.74) is 1.49. The third kappa shape index (κ3) is 2.84. The van der Waals surface area contributed by atoms with Crippen LogP contribution in [0, 0.1) is 17.0 Å². The van der Waals surface area contributed by atoms with E-state index >= 15 is 0 Å². The van der Waals surface area contributed by atoms with Gasteiger partial charge in [-0.05, 0) is 44.2 Å². The van der Waals surface area contributed by atoms with Crippen LogP contribution in [0.1, 0.15) is 31.2 Å². The van der Waals surface area contributed by atoms with Gasteiger partial charge in [-0.2, -0.15) is 0 Å². The molecule has 6 heteroatoms. The smallest absolute Gasteiger partial charge is 0.292 e. The van der Waals surface area contributed by atoms with Crippen LogP contribution in [0.3, 0.4) is 0 Å². The SMILES string of the molecule is Cc1ccc(N2CCCC2C(=O)NC2CC2)c([N+](=O)[O-])c1. The Balaban J connectivity index is 1.87. The molecule has 0 aromatic heterocycles. The van der Waals surface area contributed by atoms with Crippen molar-refractivity contribution in [2.45, 2.75) is 44.7 Å². The summed E-state index contributed by atoms with van der Waals surface area (Å²) in [5.74, 6) is 0.00451. The van der Waals surface area contributed by atoms with Crippen molar-refractivity contribution in [3.8, 4) is 0 Å². The van der Waals surface area contributed by atoms with Crippen LogP contribution < -0.4 is 10.2 Å². The van der Waals surface area contributed by atoms with E-state index in [-0.39, 0.29) is 22.6 Å². The van der Waals surface area contributed by atoms with E-state index in [0.29, 0.717) is 18.3 Å². The number of nitro groups is 1. The summed E-state index contributed by atoms with van der Waals surface area (Å²) in [6.45, 7) is 2.52. The molecule has 1 saturated heterocycles. The first-order valence-corrected chi connectivity index (χ1v) is 7.38. The molecule has 6 nitrogen and oxygen atoms in total. The maximum absolute atomic E-state index is 12.3. The number of nitro benzene ring substituents is 1. The van der Waals surface area contributed by atoms with Gasteiger partial charge in [0.2, 0.25) is 5.91 Å². The molecular formula is C15H19N3O3. The van der Waals surface area contributed by atoms with Gasteiger partial charge in [-0.15, -0.1) is 0 Å². The van der Waals surface area contributed by atoms with Crippen LogP contribution in [0.4, 0.5) is 11.4 Å². The van der Waals surface area contributed by atoms with Crippen LogP contribution in [0.5, 0.6) is 0 Å². The lowest BCUT2D eigenvalue weighted by atomic mass is 10.1. The number of anilines is 1. The van der Waals surface area contributed by atoms with Gasteiger partial charge < -0.3 is 10.2 Å². The normalized spacial score (nSPS) is 21.4. The monoisotopic (exact) mass is 289 g/mol. The predicted molar refractivity (Wildman–Crippen MR) is 79.4 cm³/mol. The van der Waals surface area contributed by atoms with Gasteiger partial charge >= 0.3 is 0 Å². The summed E-state index contributed by atoms with van der Waals surface area (Å²) in [7, 11) is 0. The topological polar surface area (TPSA) is 75.5 Å². The summed E-state index contributed by atoms with van der Waals surface area (Å²) in [6, 6.07) is 5.22. The molecule has 1 unspecified atom stereocenters. The quantitative estimate of drug-likeness (QED) is 0.680. The lowest BCUT2D eigenvalue weighted by Gasteiger charge is -2.25. The van der Waals surface area contributed by atoms with Crippen LogP contribution in [0.15, 0.2) is 18.2 Å². The molecule has 1 aliphatic heterocycles. The molecule has 112 valence electrons. The Kier molecular flexibility index (Phi) is 3.53. The van der Waals surface area contributed by atoms with E-state index in [1.165, 1.54) is 0 Å². The van der Waals surface area contributed by atoms with E-state index in [9.17, 15) is 14.9 Å². The fraction of sp³-hybridized carbons (Fsp3) is 0.533. The summed E-state index contributed by atoms with van der Waals surface area (Å²) in [6.07, 6.45) is 3.73. The lowest BCUT2D eigenvalue weighted by Crippen LogP contribution is -2.44. The predicted octanol–water partition coefficient (Wildman–Crippen LogP) is 2.15. The van der Waals surface area contributed by atoms with E-state index in [0.717, 1.165) is 31.2 Å². The first-order valence-electron chi connectivity index (χ1n) is 7.38. The van der Waals surface area contributed by atoms with Gasteiger partial charge in [-0.25, -0.2) is 0 Å². The molecule has 1 amide bonds. The number of nitrogens with zero attached hydrogens (tertiary/aromatic N) is 2. The third-order valence-electron chi connectivity index (χ3n) is 4.12. The average molecular weight is 289 g/mol. The van der Waals surface area contributed by atoms with E-state index in [2.05, 4.69) is 5.32 Å². The second-order valence-electron chi connectivity index (χ2n) is 5.88. The third-order valence-corrected chi connectivity index (χ3v) is 4.12. The van der Waals surface area contributed by atoms with Gasteiger partial charge in [-0.1, -0.05) is 6.07 Å². The molecule has 1 aliphatic carbocycles. The lowest BCUT2D eigenvalue weighted by molar-refractivity contribution is -0.384. The zero-order valence-corrected chi connectivity index (χ0v) is 12.0. The number of carbonyl (C=O) groups excluding carboxylic acids is 1. The van der Waals surface area contributed by atoms with Crippen molar-refractivity contribution in [3.63, 3.8) is 0 Å². The van der Waals surface area contributed by atoms with Crippen LogP contribution in [-0.4, -0.2) is 29.5 Å². The first kappa shape index (κ1) is 13.9. The minimum Gasteiger partial charge on any atom is -0.354 e. The summed E-state index contributed by atoms with van der Waals surface area (Å²) >= 11 is 0. The largest absolute Gasteiger partial charge is 0.354 e. The Labute approximate surface area is 123 Å². The van der Waals surface area contributed by atoms with Crippen molar-refractivity contribution in [3.05, 3.63) is 33.9 Å².